The Bertz CT molecular complexity index is 626. The Morgan fingerprint density at radius 2 is 2.07 bits per heavy atom. The second-order valence-electron chi connectivity index (χ2n) is 8.18. The number of likely N-dealkylation sites (tertiary alicyclic amines) is 1. The first-order chi connectivity index (χ1) is 12.5. The molecule has 0 radical (unpaired) electrons. The van der Waals surface area contributed by atoms with E-state index in [4.69, 9.17) is 0 Å². The van der Waals surface area contributed by atoms with Crippen LogP contribution in [-0.4, -0.2) is 49.5 Å². The molecule has 1 atom stereocenters. The number of carbonyl (C=O) groups is 1. The summed E-state index contributed by atoms with van der Waals surface area (Å²) in [5.41, 5.74) is 0.0614. The van der Waals surface area contributed by atoms with E-state index in [2.05, 4.69) is 51.9 Å². The molecule has 0 bridgehead atoms. The molecule has 1 amide bonds. The number of nitrogens with one attached hydrogen (secondary N) is 2. The van der Waals surface area contributed by atoms with Crippen LogP contribution in [0.3, 0.4) is 0 Å². The molecule has 7 heteroatoms. The standard InChI is InChI=1S/C20H32N4OS.HI/c1-20(2,17-9-6-12-26-17)14-22-19(21-3)23-16-10-11-24(13-16)18(25)15-7-4-5-8-15;/h6,9,12,15-16H,4-5,7-8,10-11,13-14H2,1-3H3,(H2,21,22,23);1H. The first-order valence-corrected chi connectivity index (χ1v) is 10.7. The lowest BCUT2D eigenvalue weighted by molar-refractivity contribution is -0.134. The number of amides is 1. The number of carbonyl (C=O) groups excluding carboxylic acids is 1. The molecular weight excluding hydrogens is 471 g/mol. The van der Waals surface area contributed by atoms with Crippen LogP contribution in [0.2, 0.25) is 0 Å². The Balaban J connectivity index is 0.00000261. The van der Waals surface area contributed by atoms with Crippen LogP contribution in [0, 0.1) is 5.92 Å². The predicted octanol–water partition coefficient (Wildman–Crippen LogP) is 3.60. The van der Waals surface area contributed by atoms with E-state index in [0.717, 1.165) is 44.9 Å². The molecule has 1 unspecified atom stereocenters. The molecule has 2 fully saturated rings. The number of hydrogen-bond donors (Lipinski definition) is 2. The van der Waals surface area contributed by atoms with Crippen molar-refractivity contribution >= 4 is 47.2 Å². The van der Waals surface area contributed by atoms with Crippen molar-refractivity contribution in [1.82, 2.24) is 15.5 Å². The normalized spacial score (nSPS) is 21.2. The summed E-state index contributed by atoms with van der Waals surface area (Å²) in [6.07, 6.45) is 5.57. The summed E-state index contributed by atoms with van der Waals surface area (Å²) in [4.78, 5) is 20.4. The quantitative estimate of drug-likeness (QED) is 0.366. The number of aliphatic imine (C=N–C) groups is 1. The van der Waals surface area contributed by atoms with Crippen LogP contribution in [0.1, 0.15) is 50.8 Å². The maximum Gasteiger partial charge on any atom is 0.225 e. The first kappa shape index (κ1) is 22.5. The summed E-state index contributed by atoms with van der Waals surface area (Å²) in [5.74, 6) is 1.47. The number of thiophene rings is 1. The van der Waals surface area contributed by atoms with Gasteiger partial charge in [0.25, 0.3) is 0 Å². The zero-order chi connectivity index (χ0) is 18.6. The average molecular weight is 504 g/mol. The largest absolute Gasteiger partial charge is 0.356 e. The van der Waals surface area contributed by atoms with Crippen LogP contribution >= 0.6 is 35.3 Å². The average Bonchev–Trinajstić information content (AvgIpc) is 3.40. The SMILES string of the molecule is CN=C(NCC(C)(C)c1cccs1)NC1CCN(C(=O)C2CCCC2)C1.I. The van der Waals surface area contributed by atoms with E-state index >= 15 is 0 Å². The van der Waals surface area contributed by atoms with Gasteiger partial charge in [0.05, 0.1) is 0 Å². The Morgan fingerprint density at radius 3 is 2.70 bits per heavy atom. The lowest BCUT2D eigenvalue weighted by Crippen LogP contribution is -2.48. The van der Waals surface area contributed by atoms with Crippen molar-refractivity contribution in [2.24, 2.45) is 10.9 Å². The lowest BCUT2D eigenvalue weighted by atomic mass is 9.91. The van der Waals surface area contributed by atoms with Gasteiger partial charge in [-0.05, 0) is 30.7 Å². The van der Waals surface area contributed by atoms with E-state index in [1.165, 1.54) is 17.7 Å². The second-order valence-corrected chi connectivity index (χ2v) is 9.13. The molecule has 2 heterocycles. The van der Waals surface area contributed by atoms with Gasteiger partial charge in [-0.3, -0.25) is 9.79 Å². The molecule has 1 aromatic heterocycles. The molecule has 1 aromatic rings. The van der Waals surface area contributed by atoms with Crippen molar-refractivity contribution in [1.29, 1.82) is 0 Å². The van der Waals surface area contributed by atoms with Gasteiger partial charge in [0, 0.05) is 48.9 Å². The molecule has 1 aliphatic carbocycles. The summed E-state index contributed by atoms with van der Waals surface area (Å²) in [6.45, 7) is 6.98. The minimum absolute atomic E-state index is 0. The van der Waals surface area contributed by atoms with Gasteiger partial charge in [0.1, 0.15) is 0 Å². The van der Waals surface area contributed by atoms with Crippen LogP contribution in [0.25, 0.3) is 0 Å². The Morgan fingerprint density at radius 1 is 1.33 bits per heavy atom. The summed E-state index contributed by atoms with van der Waals surface area (Å²) in [5, 5.41) is 9.10. The smallest absolute Gasteiger partial charge is 0.225 e. The number of rotatable bonds is 5. The van der Waals surface area contributed by atoms with Gasteiger partial charge < -0.3 is 15.5 Å². The van der Waals surface area contributed by atoms with Crippen molar-refractivity contribution in [3.8, 4) is 0 Å². The van der Waals surface area contributed by atoms with Crippen molar-refractivity contribution in [2.75, 3.05) is 26.7 Å². The highest BCUT2D eigenvalue weighted by molar-refractivity contribution is 14.0. The predicted molar refractivity (Wildman–Crippen MR) is 124 cm³/mol. The van der Waals surface area contributed by atoms with Crippen LogP contribution in [0.4, 0.5) is 0 Å². The van der Waals surface area contributed by atoms with Crippen molar-refractivity contribution in [3.63, 3.8) is 0 Å². The third-order valence-corrected chi connectivity index (χ3v) is 6.89. The molecular formula is C20H33IN4OS. The third-order valence-electron chi connectivity index (χ3n) is 5.65. The van der Waals surface area contributed by atoms with E-state index in [-0.39, 0.29) is 41.4 Å². The van der Waals surface area contributed by atoms with E-state index in [9.17, 15) is 4.79 Å². The van der Waals surface area contributed by atoms with E-state index in [1.54, 1.807) is 11.3 Å². The van der Waals surface area contributed by atoms with Crippen molar-refractivity contribution < 1.29 is 4.79 Å². The first-order valence-electron chi connectivity index (χ1n) is 9.79. The van der Waals surface area contributed by atoms with Crippen LogP contribution in [0.5, 0.6) is 0 Å². The number of hydrogen-bond acceptors (Lipinski definition) is 3. The van der Waals surface area contributed by atoms with E-state index in [1.807, 2.05) is 7.05 Å². The van der Waals surface area contributed by atoms with Gasteiger partial charge in [-0.1, -0.05) is 32.8 Å². The van der Waals surface area contributed by atoms with Gasteiger partial charge in [-0.2, -0.15) is 0 Å². The van der Waals surface area contributed by atoms with E-state index in [0.29, 0.717) is 5.91 Å². The van der Waals surface area contributed by atoms with Gasteiger partial charge in [-0.15, -0.1) is 35.3 Å². The van der Waals surface area contributed by atoms with Gasteiger partial charge in [0.15, 0.2) is 5.96 Å². The summed E-state index contributed by atoms with van der Waals surface area (Å²) < 4.78 is 0. The highest BCUT2D eigenvalue weighted by Gasteiger charge is 2.32. The molecule has 0 spiro atoms. The molecule has 0 aromatic carbocycles. The fraction of sp³-hybridized carbons (Fsp3) is 0.700. The van der Waals surface area contributed by atoms with Crippen molar-refractivity contribution in [2.45, 2.75) is 57.4 Å². The maximum absolute atomic E-state index is 12.6. The molecule has 2 aliphatic rings. The van der Waals surface area contributed by atoms with Crippen LogP contribution in [0.15, 0.2) is 22.5 Å². The highest BCUT2D eigenvalue weighted by atomic mass is 127. The minimum Gasteiger partial charge on any atom is -0.356 e. The molecule has 152 valence electrons. The fourth-order valence-electron chi connectivity index (χ4n) is 3.95. The molecule has 2 N–H and O–H groups in total. The number of guanidine groups is 1. The van der Waals surface area contributed by atoms with Gasteiger partial charge >= 0.3 is 0 Å². The minimum atomic E-state index is 0. The summed E-state index contributed by atoms with van der Waals surface area (Å²) in [6, 6.07) is 4.58. The van der Waals surface area contributed by atoms with Crippen LogP contribution in [-0.2, 0) is 10.2 Å². The number of halogens is 1. The molecule has 3 rings (SSSR count). The second kappa shape index (κ2) is 10.1. The summed E-state index contributed by atoms with van der Waals surface area (Å²) >= 11 is 1.79. The Hall–Kier alpha value is -0.830. The molecule has 1 saturated carbocycles. The fourth-order valence-corrected chi connectivity index (χ4v) is 4.80. The monoisotopic (exact) mass is 504 g/mol. The molecule has 27 heavy (non-hydrogen) atoms. The van der Waals surface area contributed by atoms with E-state index < -0.39 is 0 Å². The molecule has 5 nitrogen and oxygen atoms in total. The maximum atomic E-state index is 12.6. The Labute approximate surface area is 184 Å². The van der Waals surface area contributed by atoms with Gasteiger partial charge in [0.2, 0.25) is 5.91 Å². The number of nitrogens with zero attached hydrogens (tertiary/aromatic N) is 2. The zero-order valence-electron chi connectivity index (χ0n) is 16.7. The topological polar surface area (TPSA) is 56.7 Å². The van der Waals surface area contributed by atoms with Gasteiger partial charge in [-0.25, -0.2) is 0 Å². The molecule has 1 aliphatic heterocycles. The van der Waals surface area contributed by atoms with Crippen LogP contribution < -0.4 is 10.6 Å². The molecule has 1 saturated heterocycles. The Kier molecular flexibility index (Phi) is 8.39. The van der Waals surface area contributed by atoms with Crippen molar-refractivity contribution in [3.05, 3.63) is 22.4 Å². The third kappa shape index (κ3) is 5.82. The lowest BCUT2D eigenvalue weighted by Gasteiger charge is -2.26. The zero-order valence-corrected chi connectivity index (χ0v) is 19.8. The summed E-state index contributed by atoms with van der Waals surface area (Å²) in [7, 11) is 1.81. The highest BCUT2D eigenvalue weighted by Crippen LogP contribution is 2.28.